The monoisotopic (exact) mass is 383 g/mol. The van der Waals surface area contributed by atoms with Crippen LogP contribution in [0.5, 0.6) is 0 Å². The van der Waals surface area contributed by atoms with Crippen LogP contribution in [0.2, 0.25) is 0 Å². The van der Waals surface area contributed by atoms with Gasteiger partial charge in [-0.1, -0.05) is 6.07 Å². The van der Waals surface area contributed by atoms with E-state index in [1.165, 1.54) is 29.5 Å². The zero-order chi connectivity index (χ0) is 17.1. The maximum absolute atomic E-state index is 13.2. The number of nitrogens with zero attached hydrogens (tertiary/aromatic N) is 1. The van der Waals surface area contributed by atoms with E-state index in [0.717, 1.165) is 18.7 Å². The number of piperazine rings is 1. The van der Waals surface area contributed by atoms with Crippen LogP contribution < -0.4 is 10.6 Å². The van der Waals surface area contributed by atoms with E-state index in [1.807, 2.05) is 11.8 Å². The zero-order valence-electron chi connectivity index (χ0n) is 13.7. The maximum Gasteiger partial charge on any atom is 0.264 e. The number of hydrogen-bond donors (Lipinski definition) is 2. The first kappa shape index (κ1) is 19.4. The lowest BCUT2D eigenvalue weighted by Crippen LogP contribution is -2.46. The number of halogens is 2. The number of nitrogens with one attached hydrogen (secondary N) is 2. The van der Waals surface area contributed by atoms with Gasteiger partial charge in [-0.3, -0.25) is 9.59 Å². The van der Waals surface area contributed by atoms with Gasteiger partial charge in [-0.05, 0) is 36.8 Å². The largest absolute Gasteiger partial charge is 0.335 e. The van der Waals surface area contributed by atoms with Gasteiger partial charge in [0.15, 0.2) is 0 Å². The third-order valence-corrected chi connectivity index (χ3v) is 4.98. The first-order valence-corrected chi connectivity index (χ1v) is 8.53. The summed E-state index contributed by atoms with van der Waals surface area (Å²) in [5.74, 6) is -0.859. The summed E-state index contributed by atoms with van der Waals surface area (Å²) in [5, 5.41) is 6.53. The molecule has 3 rings (SSSR count). The Hall–Kier alpha value is -1.96. The van der Waals surface area contributed by atoms with Gasteiger partial charge in [-0.2, -0.15) is 0 Å². The molecule has 1 fully saturated rings. The fourth-order valence-electron chi connectivity index (χ4n) is 2.58. The van der Waals surface area contributed by atoms with E-state index < -0.39 is 11.7 Å². The number of amides is 2. The molecule has 0 radical (unpaired) electrons. The molecule has 8 heteroatoms. The van der Waals surface area contributed by atoms with Crippen molar-refractivity contribution in [3.05, 3.63) is 52.2 Å². The number of hydrogen-bond acceptors (Lipinski definition) is 4. The Labute approximate surface area is 155 Å². The highest BCUT2D eigenvalue weighted by atomic mass is 35.5. The summed E-state index contributed by atoms with van der Waals surface area (Å²) in [6.07, 6.45) is 0. The van der Waals surface area contributed by atoms with Crippen molar-refractivity contribution in [2.24, 2.45) is 0 Å². The average molecular weight is 384 g/mol. The second-order valence-electron chi connectivity index (χ2n) is 5.63. The van der Waals surface area contributed by atoms with Crippen LogP contribution >= 0.6 is 23.7 Å². The van der Waals surface area contributed by atoms with Gasteiger partial charge in [0.1, 0.15) is 5.82 Å². The quantitative estimate of drug-likeness (QED) is 0.856. The van der Waals surface area contributed by atoms with E-state index >= 15 is 0 Å². The first-order valence-electron chi connectivity index (χ1n) is 7.72. The third-order valence-electron chi connectivity index (χ3n) is 3.84. The second-order valence-corrected chi connectivity index (χ2v) is 6.68. The molecule has 25 heavy (non-hydrogen) atoms. The Bertz CT molecular complexity index is 775. The van der Waals surface area contributed by atoms with Gasteiger partial charge in [-0.25, -0.2) is 4.39 Å². The predicted octanol–water partition coefficient (Wildman–Crippen LogP) is 2.92. The summed E-state index contributed by atoms with van der Waals surface area (Å²) in [4.78, 5) is 27.2. The van der Waals surface area contributed by atoms with Crippen molar-refractivity contribution in [3.8, 4) is 0 Å². The van der Waals surface area contributed by atoms with E-state index in [9.17, 15) is 14.0 Å². The van der Waals surface area contributed by atoms with Gasteiger partial charge < -0.3 is 15.5 Å². The molecule has 2 N–H and O–H groups in total. The molecule has 2 heterocycles. The maximum atomic E-state index is 13.2. The minimum Gasteiger partial charge on any atom is -0.335 e. The summed E-state index contributed by atoms with van der Waals surface area (Å²) >= 11 is 1.25. The summed E-state index contributed by atoms with van der Waals surface area (Å²) in [6, 6.07) is 7.28. The molecule has 1 aromatic heterocycles. The fourth-order valence-corrected chi connectivity index (χ4v) is 3.62. The minimum atomic E-state index is -0.459. The molecule has 0 atom stereocenters. The first-order chi connectivity index (χ1) is 11.5. The molecule has 0 bridgehead atoms. The number of carbonyl (C=O) groups excluding carboxylic acids is 2. The molecule has 0 spiro atoms. The van der Waals surface area contributed by atoms with E-state index in [4.69, 9.17) is 0 Å². The number of thiophene rings is 1. The number of carbonyl (C=O) groups is 2. The predicted molar refractivity (Wildman–Crippen MR) is 99.4 cm³/mol. The number of rotatable bonds is 3. The van der Waals surface area contributed by atoms with Crippen molar-refractivity contribution in [2.45, 2.75) is 6.92 Å². The van der Waals surface area contributed by atoms with Crippen LogP contribution in [-0.4, -0.2) is 42.9 Å². The van der Waals surface area contributed by atoms with Crippen LogP contribution in [0.3, 0.4) is 0 Å². The standard InChI is InChI=1S/C17H18FN3O2S.ClH/c1-11-9-14(20-16(22)12-3-2-4-13(18)10-12)24-15(11)17(23)21-7-5-19-6-8-21;/h2-4,9-10,19H,5-8H2,1H3,(H,20,22);1H. The second kappa shape index (κ2) is 8.42. The lowest BCUT2D eigenvalue weighted by molar-refractivity contribution is 0.0740. The van der Waals surface area contributed by atoms with Gasteiger partial charge >= 0.3 is 0 Å². The lowest BCUT2D eigenvalue weighted by Gasteiger charge is -2.27. The number of anilines is 1. The zero-order valence-corrected chi connectivity index (χ0v) is 15.3. The average Bonchev–Trinajstić information content (AvgIpc) is 2.95. The topological polar surface area (TPSA) is 61.4 Å². The molecule has 1 saturated heterocycles. The van der Waals surface area contributed by atoms with Crippen molar-refractivity contribution in [3.63, 3.8) is 0 Å². The third kappa shape index (κ3) is 4.56. The summed E-state index contributed by atoms with van der Waals surface area (Å²) < 4.78 is 13.2. The van der Waals surface area contributed by atoms with E-state index in [-0.39, 0.29) is 23.9 Å². The van der Waals surface area contributed by atoms with Gasteiger partial charge in [0.2, 0.25) is 0 Å². The van der Waals surface area contributed by atoms with Crippen LogP contribution in [0.25, 0.3) is 0 Å². The molecular weight excluding hydrogens is 365 g/mol. The van der Waals surface area contributed by atoms with Crippen LogP contribution in [0.15, 0.2) is 30.3 Å². The highest BCUT2D eigenvalue weighted by Crippen LogP contribution is 2.28. The normalized spacial score (nSPS) is 13.9. The molecule has 1 aliphatic rings. The summed E-state index contributed by atoms with van der Waals surface area (Å²) in [6.45, 7) is 4.80. The molecule has 5 nitrogen and oxygen atoms in total. The van der Waals surface area contributed by atoms with Crippen LogP contribution in [0.4, 0.5) is 9.39 Å². The Morgan fingerprint density at radius 3 is 2.64 bits per heavy atom. The fraction of sp³-hybridized carbons (Fsp3) is 0.294. The molecule has 0 saturated carbocycles. The van der Waals surface area contributed by atoms with Crippen LogP contribution in [0, 0.1) is 12.7 Å². The Balaban J connectivity index is 0.00000225. The molecule has 0 unspecified atom stereocenters. The Morgan fingerprint density at radius 2 is 1.96 bits per heavy atom. The molecule has 2 aromatic rings. The smallest absolute Gasteiger partial charge is 0.264 e. The van der Waals surface area contributed by atoms with Crippen molar-refractivity contribution in [1.29, 1.82) is 0 Å². The highest BCUT2D eigenvalue weighted by Gasteiger charge is 2.22. The van der Waals surface area contributed by atoms with Crippen LogP contribution in [0.1, 0.15) is 25.6 Å². The number of benzene rings is 1. The van der Waals surface area contributed by atoms with E-state index in [0.29, 0.717) is 23.0 Å². The molecule has 2 amide bonds. The van der Waals surface area contributed by atoms with E-state index in [2.05, 4.69) is 10.6 Å². The summed E-state index contributed by atoms with van der Waals surface area (Å²) in [7, 11) is 0. The van der Waals surface area contributed by atoms with Crippen molar-refractivity contribution in [2.75, 3.05) is 31.5 Å². The SMILES string of the molecule is Cc1cc(NC(=O)c2cccc(F)c2)sc1C(=O)N1CCNCC1.Cl. The Kier molecular flexibility index (Phi) is 6.52. The van der Waals surface area contributed by atoms with Gasteiger partial charge in [0.05, 0.1) is 9.88 Å². The van der Waals surface area contributed by atoms with Crippen molar-refractivity contribution >= 4 is 40.6 Å². The molecule has 134 valence electrons. The molecule has 1 aliphatic heterocycles. The van der Waals surface area contributed by atoms with Gasteiger partial charge in [-0.15, -0.1) is 23.7 Å². The minimum absolute atomic E-state index is 0. The lowest BCUT2D eigenvalue weighted by atomic mass is 10.2. The molecule has 1 aromatic carbocycles. The van der Waals surface area contributed by atoms with Crippen molar-refractivity contribution in [1.82, 2.24) is 10.2 Å². The van der Waals surface area contributed by atoms with Gasteiger partial charge in [0, 0.05) is 31.7 Å². The Morgan fingerprint density at radius 1 is 1.24 bits per heavy atom. The summed E-state index contributed by atoms with van der Waals surface area (Å²) in [5.41, 5.74) is 1.08. The molecular formula is C17H19ClFN3O2S. The van der Waals surface area contributed by atoms with Crippen LogP contribution in [-0.2, 0) is 0 Å². The van der Waals surface area contributed by atoms with Crippen molar-refractivity contribution < 1.29 is 14.0 Å². The number of aryl methyl sites for hydroxylation is 1. The molecule has 0 aliphatic carbocycles. The van der Waals surface area contributed by atoms with Gasteiger partial charge in [0.25, 0.3) is 11.8 Å². The highest BCUT2D eigenvalue weighted by molar-refractivity contribution is 7.18. The van der Waals surface area contributed by atoms with E-state index in [1.54, 1.807) is 12.1 Å².